The van der Waals surface area contributed by atoms with E-state index in [1.807, 2.05) is 0 Å². The Morgan fingerprint density at radius 3 is 1.13 bits per heavy atom. The predicted octanol–water partition coefficient (Wildman–Crippen LogP) is 4.78. The van der Waals surface area contributed by atoms with E-state index in [-0.39, 0.29) is 0 Å². The molecule has 5 aliphatic rings. The molecule has 0 heteroatoms. The predicted molar refractivity (Wildman–Crippen MR) is 64.7 cm³/mol. The van der Waals surface area contributed by atoms with Crippen molar-refractivity contribution >= 4 is 0 Å². The highest BCUT2D eigenvalue weighted by Crippen LogP contribution is 2.45. The van der Waals surface area contributed by atoms with Crippen molar-refractivity contribution in [3.63, 3.8) is 0 Å². The fourth-order valence-electron chi connectivity index (χ4n) is 4.44. The maximum Gasteiger partial charge on any atom is -0.0409 e. The van der Waals surface area contributed by atoms with Gasteiger partial charge in [0, 0.05) is 0 Å². The molecule has 0 N–H and O–H groups in total. The second-order valence-electron chi connectivity index (χ2n) is 6.61. The summed E-state index contributed by atoms with van der Waals surface area (Å²) in [5.41, 5.74) is 0. The standard InChI is InChI=1S/C8H14.C7H12/c1-2-7-4-5-8(3-1)6-7;1-2-6-4-7(3-1)5-6/h7-8H,1-6H2;6-7H,1-5H2. The lowest BCUT2D eigenvalue weighted by Gasteiger charge is -2.40. The molecule has 5 fully saturated rings. The Morgan fingerprint density at radius 1 is 0.400 bits per heavy atom. The highest BCUT2D eigenvalue weighted by Gasteiger charge is 2.32. The van der Waals surface area contributed by atoms with Crippen LogP contribution in [0.25, 0.3) is 0 Å². The fraction of sp³-hybridized carbons (Fsp3) is 1.00. The fourth-order valence-corrected chi connectivity index (χ4v) is 4.44. The van der Waals surface area contributed by atoms with Crippen LogP contribution < -0.4 is 0 Å². The molecule has 2 atom stereocenters. The molecule has 86 valence electrons. The van der Waals surface area contributed by atoms with Crippen LogP contribution in [-0.2, 0) is 0 Å². The first-order chi connectivity index (χ1) is 7.40. The maximum atomic E-state index is 1.58. The molecule has 5 aliphatic carbocycles. The molecular weight excluding hydrogens is 180 g/mol. The molecule has 0 aromatic rings. The van der Waals surface area contributed by atoms with Gasteiger partial charge in [0.15, 0.2) is 0 Å². The minimum Gasteiger partial charge on any atom is -0.0528 e. The lowest BCUT2D eigenvalue weighted by atomic mass is 9.65. The summed E-state index contributed by atoms with van der Waals surface area (Å²) in [5, 5.41) is 0. The van der Waals surface area contributed by atoms with Crippen molar-refractivity contribution in [1.82, 2.24) is 0 Å². The van der Waals surface area contributed by atoms with Gasteiger partial charge in [0.05, 0.1) is 0 Å². The van der Waals surface area contributed by atoms with Crippen molar-refractivity contribution < 1.29 is 0 Å². The third kappa shape index (κ3) is 2.40. The Hall–Kier alpha value is 0. The number of hydrogen-bond donors (Lipinski definition) is 0. The SMILES string of the molecule is C1CC2CC(C1)C2.C1CC2CCC(C1)C2. The van der Waals surface area contributed by atoms with Crippen LogP contribution >= 0.6 is 0 Å². The van der Waals surface area contributed by atoms with E-state index in [0.29, 0.717) is 0 Å². The van der Waals surface area contributed by atoms with E-state index < -0.39 is 0 Å². The van der Waals surface area contributed by atoms with Gasteiger partial charge in [-0.25, -0.2) is 0 Å². The maximum absolute atomic E-state index is 1.58. The van der Waals surface area contributed by atoms with Gasteiger partial charge in [-0.15, -0.1) is 0 Å². The van der Waals surface area contributed by atoms with Crippen molar-refractivity contribution in [2.75, 3.05) is 0 Å². The summed E-state index contributed by atoms with van der Waals surface area (Å²) in [6.07, 6.45) is 17.2. The minimum absolute atomic E-state index is 1.16. The van der Waals surface area contributed by atoms with Gasteiger partial charge in [0.1, 0.15) is 0 Å². The highest BCUT2D eigenvalue weighted by atomic mass is 14.4. The summed E-state index contributed by atoms with van der Waals surface area (Å²) < 4.78 is 0. The van der Waals surface area contributed by atoms with E-state index in [2.05, 4.69) is 0 Å². The van der Waals surface area contributed by atoms with Crippen molar-refractivity contribution in [3.8, 4) is 0 Å². The molecular formula is C15H26. The van der Waals surface area contributed by atoms with Gasteiger partial charge in [0.2, 0.25) is 0 Å². The molecule has 5 saturated carbocycles. The van der Waals surface area contributed by atoms with Crippen molar-refractivity contribution in [2.45, 2.75) is 70.6 Å². The lowest BCUT2D eigenvalue weighted by molar-refractivity contribution is 0.116. The lowest BCUT2D eigenvalue weighted by Crippen LogP contribution is -2.28. The first kappa shape index (κ1) is 10.2. The van der Waals surface area contributed by atoms with Crippen LogP contribution in [0.4, 0.5) is 0 Å². The topological polar surface area (TPSA) is 0 Å². The van der Waals surface area contributed by atoms with E-state index >= 15 is 0 Å². The van der Waals surface area contributed by atoms with Gasteiger partial charge in [-0.3, -0.25) is 0 Å². The minimum atomic E-state index is 1.16. The molecule has 5 rings (SSSR count). The molecule has 0 aromatic heterocycles. The van der Waals surface area contributed by atoms with Crippen LogP contribution in [0.3, 0.4) is 0 Å². The molecule has 4 bridgehead atoms. The molecule has 0 saturated heterocycles. The van der Waals surface area contributed by atoms with Crippen LogP contribution in [0.15, 0.2) is 0 Å². The van der Waals surface area contributed by atoms with Gasteiger partial charge in [0.25, 0.3) is 0 Å². The monoisotopic (exact) mass is 206 g/mol. The summed E-state index contributed by atoms with van der Waals surface area (Å²) in [5.74, 6) is 4.68. The van der Waals surface area contributed by atoms with Gasteiger partial charge < -0.3 is 0 Å². The zero-order chi connectivity index (χ0) is 10.1. The highest BCUT2D eigenvalue weighted by molar-refractivity contribution is 4.84. The smallest absolute Gasteiger partial charge is 0.0409 e. The average molecular weight is 206 g/mol. The van der Waals surface area contributed by atoms with Crippen molar-refractivity contribution in [1.29, 1.82) is 0 Å². The summed E-state index contributed by atoms with van der Waals surface area (Å²) in [4.78, 5) is 0. The quantitative estimate of drug-likeness (QED) is 0.535. The number of rotatable bonds is 0. The van der Waals surface area contributed by atoms with Crippen LogP contribution in [-0.4, -0.2) is 0 Å². The molecule has 0 spiro atoms. The molecule has 0 nitrogen and oxygen atoms in total. The first-order valence-corrected chi connectivity index (χ1v) is 7.40. The summed E-state index contributed by atoms with van der Waals surface area (Å²) in [7, 11) is 0. The molecule has 2 unspecified atom stereocenters. The number of fused-ring (bicyclic) bond motifs is 4. The van der Waals surface area contributed by atoms with Crippen LogP contribution in [0.1, 0.15) is 70.6 Å². The van der Waals surface area contributed by atoms with E-state index in [9.17, 15) is 0 Å². The van der Waals surface area contributed by atoms with Crippen molar-refractivity contribution in [2.24, 2.45) is 23.7 Å². The molecule has 15 heavy (non-hydrogen) atoms. The molecule has 0 aromatic carbocycles. The van der Waals surface area contributed by atoms with Crippen LogP contribution in [0.5, 0.6) is 0 Å². The van der Waals surface area contributed by atoms with E-state index in [0.717, 1.165) is 11.8 Å². The molecule has 0 radical (unpaired) electrons. The molecule has 0 heterocycles. The Kier molecular flexibility index (Phi) is 3.03. The van der Waals surface area contributed by atoms with Gasteiger partial charge in [-0.1, -0.05) is 51.4 Å². The largest absolute Gasteiger partial charge is 0.0528 e. The third-order valence-electron chi connectivity index (χ3n) is 5.43. The zero-order valence-electron chi connectivity index (χ0n) is 10.1. The van der Waals surface area contributed by atoms with Gasteiger partial charge in [-0.2, -0.15) is 0 Å². The van der Waals surface area contributed by atoms with E-state index in [1.165, 1.54) is 24.7 Å². The summed E-state index contributed by atoms with van der Waals surface area (Å²) in [6, 6.07) is 0. The average Bonchev–Trinajstić information content (AvgIpc) is 2.59. The van der Waals surface area contributed by atoms with Gasteiger partial charge in [-0.05, 0) is 42.9 Å². The normalized spacial score (nSPS) is 46.4. The van der Waals surface area contributed by atoms with Gasteiger partial charge >= 0.3 is 0 Å². The third-order valence-corrected chi connectivity index (χ3v) is 5.43. The number of hydrogen-bond acceptors (Lipinski definition) is 0. The molecule has 0 amide bonds. The zero-order valence-corrected chi connectivity index (χ0v) is 10.1. The second kappa shape index (κ2) is 4.47. The van der Waals surface area contributed by atoms with Crippen LogP contribution in [0, 0.1) is 23.7 Å². The van der Waals surface area contributed by atoms with E-state index in [4.69, 9.17) is 0 Å². The second-order valence-corrected chi connectivity index (χ2v) is 6.61. The van der Waals surface area contributed by atoms with Crippen molar-refractivity contribution in [3.05, 3.63) is 0 Å². The Bertz CT molecular complexity index is 175. The Labute approximate surface area is 94.8 Å². The first-order valence-electron chi connectivity index (χ1n) is 7.40. The van der Waals surface area contributed by atoms with Crippen LogP contribution in [0.2, 0.25) is 0 Å². The summed E-state index contributed by atoms with van der Waals surface area (Å²) >= 11 is 0. The van der Waals surface area contributed by atoms with E-state index in [1.54, 1.807) is 57.8 Å². The molecule has 0 aliphatic heterocycles. The summed E-state index contributed by atoms with van der Waals surface area (Å²) in [6.45, 7) is 0. The Balaban J connectivity index is 0.0000000971. The Morgan fingerprint density at radius 2 is 0.800 bits per heavy atom.